The molecule has 1 amide bonds. The van der Waals surface area contributed by atoms with E-state index in [1.807, 2.05) is 36.0 Å². The summed E-state index contributed by atoms with van der Waals surface area (Å²) < 4.78 is 13.8. The van der Waals surface area contributed by atoms with Crippen LogP contribution in [0, 0.1) is 17.1 Å². The van der Waals surface area contributed by atoms with Gasteiger partial charge in [-0.25, -0.2) is 9.37 Å². The molecule has 0 spiro atoms. The van der Waals surface area contributed by atoms with Crippen LogP contribution in [0.25, 0.3) is 0 Å². The standard InChI is InChI=1S/C19H20FN5O/c1-23(2)18-7-6-14(13-22-18)19(26)25-10-8-24(9-11-25)17-5-3-4-16(20)15(17)12-21/h3-7,13H,8-11H2,1-2H3. The van der Waals surface area contributed by atoms with Crippen molar-refractivity contribution in [3.8, 4) is 6.07 Å². The highest BCUT2D eigenvalue weighted by molar-refractivity contribution is 5.94. The van der Waals surface area contributed by atoms with Crippen molar-refractivity contribution in [2.75, 3.05) is 50.1 Å². The van der Waals surface area contributed by atoms with Crippen LogP contribution in [-0.4, -0.2) is 56.1 Å². The molecule has 0 saturated carbocycles. The second kappa shape index (κ2) is 7.40. The minimum Gasteiger partial charge on any atom is -0.367 e. The number of anilines is 2. The second-order valence-electron chi connectivity index (χ2n) is 6.32. The Morgan fingerprint density at radius 3 is 2.50 bits per heavy atom. The molecule has 2 heterocycles. The van der Waals surface area contributed by atoms with Crippen LogP contribution in [0.2, 0.25) is 0 Å². The molecular formula is C19H20FN5O. The molecule has 0 aliphatic carbocycles. The second-order valence-corrected chi connectivity index (χ2v) is 6.32. The third-order valence-corrected chi connectivity index (χ3v) is 4.46. The molecule has 1 aromatic heterocycles. The molecular weight excluding hydrogens is 333 g/mol. The molecule has 0 atom stereocenters. The fraction of sp³-hybridized carbons (Fsp3) is 0.316. The summed E-state index contributed by atoms with van der Waals surface area (Å²) in [6.45, 7) is 2.12. The number of amides is 1. The molecule has 2 aromatic rings. The van der Waals surface area contributed by atoms with E-state index in [-0.39, 0.29) is 11.5 Å². The summed E-state index contributed by atoms with van der Waals surface area (Å²) >= 11 is 0. The zero-order valence-corrected chi connectivity index (χ0v) is 14.8. The Labute approximate surface area is 152 Å². The zero-order chi connectivity index (χ0) is 18.7. The molecule has 0 N–H and O–H groups in total. The number of piperazine rings is 1. The van der Waals surface area contributed by atoms with E-state index >= 15 is 0 Å². The van der Waals surface area contributed by atoms with Gasteiger partial charge in [-0.15, -0.1) is 0 Å². The van der Waals surface area contributed by atoms with Crippen molar-refractivity contribution >= 4 is 17.4 Å². The van der Waals surface area contributed by atoms with Crippen LogP contribution in [0.3, 0.4) is 0 Å². The van der Waals surface area contributed by atoms with Crippen molar-refractivity contribution in [3.63, 3.8) is 0 Å². The highest BCUT2D eigenvalue weighted by atomic mass is 19.1. The highest BCUT2D eigenvalue weighted by Crippen LogP contribution is 2.24. The van der Waals surface area contributed by atoms with Gasteiger partial charge in [0.1, 0.15) is 23.3 Å². The predicted octanol–water partition coefficient (Wildman–Crippen LogP) is 2.12. The van der Waals surface area contributed by atoms with Crippen molar-refractivity contribution in [2.45, 2.75) is 0 Å². The molecule has 1 saturated heterocycles. The van der Waals surface area contributed by atoms with Crippen molar-refractivity contribution in [3.05, 3.63) is 53.5 Å². The average molecular weight is 353 g/mol. The summed E-state index contributed by atoms with van der Waals surface area (Å²) in [7, 11) is 3.79. The van der Waals surface area contributed by atoms with Crippen LogP contribution in [-0.2, 0) is 0 Å². The average Bonchev–Trinajstić information content (AvgIpc) is 2.67. The number of pyridine rings is 1. The number of nitrogens with zero attached hydrogens (tertiary/aromatic N) is 5. The molecule has 3 rings (SSSR count). The molecule has 0 bridgehead atoms. The van der Waals surface area contributed by atoms with Gasteiger partial charge in [0.15, 0.2) is 0 Å². The fourth-order valence-corrected chi connectivity index (χ4v) is 3.00. The summed E-state index contributed by atoms with van der Waals surface area (Å²) in [5, 5.41) is 9.19. The summed E-state index contributed by atoms with van der Waals surface area (Å²) in [4.78, 5) is 22.5. The molecule has 1 aromatic carbocycles. The van der Waals surface area contributed by atoms with Crippen LogP contribution in [0.4, 0.5) is 15.9 Å². The first kappa shape index (κ1) is 17.7. The van der Waals surface area contributed by atoms with Crippen molar-refractivity contribution in [2.24, 2.45) is 0 Å². The Morgan fingerprint density at radius 2 is 1.92 bits per heavy atom. The van der Waals surface area contributed by atoms with Crippen LogP contribution >= 0.6 is 0 Å². The SMILES string of the molecule is CN(C)c1ccc(C(=O)N2CCN(c3cccc(F)c3C#N)CC2)cn1. The maximum Gasteiger partial charge on any atom is 0.255 e. The van der Waals surface area contributed by atoms with Gasteiger partial charge < -0.3 is 14.7 Å². The monoisotopic (exact) mass is 353 g/mol. The topological polar surface area (TPSA) is 63.5 Å². The van der Waals surface area contributed by atoms with Crippen molar-refractivity contribution in [1.29, 1.82) is 5.26 Å². The van der Waals surface area contributed by atoms with Gasteiger partial charge in [-0.3, -0.25) is 4.79 Å². The van der Waals surface area contributed by atoms with E-state index in [4.69, 9.17) is 0 Å². The Bertz CT molecular complexity index is 836. The minimum absolute atomic E-state index is 0.0516. The lowest BCUT2D eigenvalue weighted by atomic mass is 10.1. The molecule has 1 aliphatic rings. The Kier molecular flexibility index (Phi) is 5.03. The molecule has 0 unspecified atom stereocenters. The van der Waals surface area contributed by atoms with Crippen LogP contribution in [0.1, 0.15) is 15.9 Å². The van der Waals surface area contributed by atoms with Gasteiger partial charge >= 0.3 is 0 Å². The van der Waals surface area contributed by atoms with Gasteiger partial charge in [-0.1, -0.05) is 6.07 Å². The number of hydrogen-bond acceptors (Lipinski definition) is 5. The number of aromatic nitrogens is 1. The van der Waals surface area contributed by atoms with E-state index in [1.54, 1.807) is 29.3 Å². The van der Waals surface area contributed by atoms with Gasteiger partial charge in [0, 0.05) is 46.5 Å². The summed E-state index contributed by atoms with van der Waals surface area (Å²) in [5.41, 5.74) is 1.18. The normalized spacial score (nSPS) is 14.1. The number of benzene rings is 1. The zero-order valence-electron chi connectivity index (χ0n) is 14.8. The molecule has 6 nitrogen and oxygen atoms in total. The summed E-state index contributed by atoms with van der Waals surface area (Å²) in [5.74, 6) is 0.208. The maximum absolute atomic E-state index is 13.8. The molecule has 134 valence electrons. The lowest BCUT2D eigenvalue weighted by Gasteiger charge is -2.36. The molecule has 26 heavy (non-hydrogen) atoms. The Hall–Kier alpha value is -3.14. The van der Waals surface area contributed by atoms with E-state index < -0.39 is 5.82 Å². The lowest BCUT2D eigenvalue weighted by molar-refractivity contribution is 0.0746. The molecule has 1 fully saturated rings. The first-order valence-corrected chi connectivity index (χ1v) is 8.37. The maximum atomic E-state index is 13.8. The smallest absolute Gasteiger partial charge is 0.255 e. The largest absolute Gasteiger partial charge is 0.367 e. The third kappa shape index (κ3) is 3.45. The van der Waals surface area contributed by atoms with E-state index in [9.17, 15) is 14.4 Å². The van der Waals surface area contributed by atoms with E-state index in [0.29, 0.717) is 37.4 Å². The van der Waals surface area contributed by atoms with Crippen LogP contribution in [0.15, 0.2) is 36.5 Å². The van der Waals surface area contributed by atoms with Gasteiger partial charge in [-0.05, 0) is 24.3 Å². The van der Waals surface area contributed by atoms with Crippen LogP contribution < -0.4 is 9.80 Å². The van der Waals surface area contributed by atoms with Crippen LogP contribution in [0.5, 0.6) is 0 Å². The fourth-order valence-electron chi connectivity index (χ4n) is 3.00. The van der Waals surface area contributed by atoms with Crippen molar-refractivity contribution < 1.29 is 9.18 Å². The van der Waals surface area contributed by atoms with E-state index in [1.165, 1.54) is 6.07 Å². The van der Waals surface area contributed by atoms with E-state index in [0.717, 1.165) is 5.82 Å². The lowest BCUT2D eigenvalue weighted by Crippen LogP contribution is -2.49. The Morgan fingerprint density at radius 1 is 1.19 bits per heavy atom. The van der Waals surface area contributed by atoms with Gasteiger partial charge in [0.2, 0.25) is 0 Å². The number of hydrogen-bond donors (Lipinski definition) is 0. The first-order valence-electron chi connectivity index (χ1n) is 8.37. The number of carbonyl (C=O) groups excluding carboxylic acids is 1. The highest BCUT2D eigenvalue weighted by Gasteiger charge is 2.24. The number of nitriles is 1. The molecule has 0 radical (unpaired) electrons. The number of halogens is 1. The number of rotatable bonds is 3. The molecule has 7 heteroatoms. The summed E-state index contributed by atoms with van der Waals surface area (Å²) in [6, 6.07) is 10.1. The predicted molar refractivity (Wildman–Crippen MR) is 97.8 cm³/mol. The summed E-state index contributed by atoms with van der Waals surface area (Å²) in [6.07, 6.45) is 1.59. The van der Waals surface area contributed by atoms with Gasteiger partial charge in [0.05, 0.1) is 11.3 Å². The third-order valence-electron chi connectivity index (χ3n) is 4.46. The van der Waals surface area contributed by atoms with Crippen molar-refractivity contribution in [1.82, 2.24) is 9.88 Å². The minimum atomic E-state index is -0.518. The van der Waals surface area contributed by atoms with Gasteiger partial charge in [-0.2, -0.15) is 5.26 Å². The Balaban J connectivity index is 1.68. The molecule has 1 aliphatic heterocycles. The number of carbonyl (C=O) groups is 1. The van der Waals surface area contributed by atoms with E-state index in [2.05, 4.69) is 4.98 Å². The quantitative estimate of drug-likeness (QED) is 0.846. The van der Waals surface area contributed by atoms with Gasteiger partial charge in [0.25, 0.3) is 5.91 Å². The first-order chi connectivity index (χ1) is 12.5.